The molecule has 0 aliphatic heterocycles. The van der Waals surface area contributed by atoms with E-state index in [1.54, 1.807) is 0 Å². The van der Waals surface area contributed by atoms with E-state index in [1.807, 2.05) is 10.9 Å². The Bertz CT molecular complexity index is 1250. The number of aryl methyl sites for hydroxylation is 1. The zero-order chi connectivity index (χ0) is 19.8. The first-order valence-electron chi connectivity index (χ1n) is 10.5. The molecule has 0 radical (unpaired) electrons. The molecule has 4 aromatic rings. The van der Waals surface area contributed by atoms with Crippen LogP contribution in [0.25, 0.3) is 21.8 Å². The molecule has 1 saturated carbocycles. The lowest BCUT2D eigenvalue weighted by atomic mass is 9.89. The third kappa shape index (κ3) is 3.21. The van der Waals surface area contributed by atoms with Crippen molar-refractivity contribution in [3.8, 4) is 0 Å². The molecule has 0 atom stereocenters. The zero-order valence-electron chi connectivity index (χ0n) is 16.6. The maximum Gasteiger partial charge on any atom is 0.216 e. The number of para-hydroxylation sites is 1. The van der Waals surface area contributed by atoms with Crippen molar-refractivity contribution in [1.29, 1.82) is 0 Å². The summed E-state index contributed by atoms with van der Waals surface area (Å²) in [5.74, 6) is 1.41. The Morgan fingerprint density at radius 2 is 1.90 bits per heavy atom. The number of hydrogen-bond acceptors (Lipinski definition) is 3. The topological polar surface area (TPSA) is 50.9 Å². The zero-order valence-corrected chi connectivity index (χ0v) is 17.5. The highest BCUT2D eigenvalue weighted by Crippen LogP contribution is 2.32. The maximum atomic E-state index is 5.44. The van der Waals surface area contributed by atoms with Crippen molar-refractivity contribution in [2.75, 3.05) is 0 Å². The summed E-state index contributed by atoms with van der Waals surface area (Å²) < 4.78 is 4.73. The molecule has 5 nitrogen and oxygen atoms in total. The first kappa shape index (κ1) is 18.3. The Kier molecular flexibility index (Phi) is 4.79. The fourth-order valence-electron chi connectivity index (χ4n) is 4.66. The summed E-state index contributed by atoms with van der Waals surface area (Å²) in [6.45, 7) is 3.14. The first-order chi connectivity index (χ1) is 14.3. The van der Waals surface area contributed by atoms with E-state index in [2.05, 4.69) is 64.2 Å². The van der Waals surface area contributed by atoms with Crippen LogP contribution >= 0.6 is 12.2 Å². The van der Waals surface area contributed by atoms with E-state index in [0.29, 0.717) is 10.7 Å². The molecule has 0 spiro atoms. The summed E-state index contributed by atoms with van der Waals surface area (Å²) in [5, 5.41) is 14.7. The van der Waals surface area contributed by atoms with Crippen LogP contribution in [0.15, 0.2) is 47.6 Å². The number of aromatic nitrogens is 4. The second-order valence-electron chi connectivity index (χ2n) is 7.82. The molecule has 148 valence electrons. The lowest BCUT2D eigenvalue weighted by molar-refractivity contribution is 0.419. The summed E-state index contributed by atoms with van der Waals surface area (Å²) in [6.07, 6.45) is 8.05. The Balaban J connectivity index is 1.54. The molecule has 0 saturated heterocycles. The quantitative estimate of drug-likeness (QED) is 0.336. The third-order valence-corrected chi connectivity index (χ3v) is 6.34. The third-order valence-electron chi connectivity index (χ3n) is 6.08. The van der Waals surface area contributed by atoms with Gasteiger partial charge in [0, 0.05) is 34.3 Å². The van der Waals surface area contributed by atoms with Gasteiger partial charge in [-0.3, -0.25) is 5.10 Å². The van der Waals surface area contributed by atoms with Crippen molar-refractivity contribution in [2.24, 2.45) is 5.10 Å². The Hall–Kier alpha value is -2.73. The minimum Gasteiger partial charge on any atom is -0.341 e. The largest absolute Gasteiger partial charge is 0.341 e. The molecule has 1 aliphatic carbocycles. The molecule has 0 bridgehead atoms. The van der Waals surface area contributed by atoms with Gasteiger partial charge in [0.2, 0.25) is 4.77 Å². The average Bonchev–Trinajstić information content (AvgIpc) is 3.30. The van der Waals surface area contributed by atoms with Crippen molar-refractivity contribution >= 4 is 40.2 Å². The van der Waals surface area contributed by atoms with Crippen LogP contribution in [0.1, 0.15) is 56.3 Å². The van der Waals surface area contributed by atoms with E-state index in [1.165, 1.54) is 41.1 Å². The molecule has 1 aliphatic rings. The van der Waals surface area contributed by atoms with Gasteiger partial charge in [-0.15, -0.1) is 0 Å². The monoisotopic (exact) mass is 403 g/mol. The van der Waals surface area contributed by atoms with Crippen molar-refractivity contribution in [3.63, 3.8) is 0 Å². The molecular formula is C23H25N5S. The second-order valence-corrected chi connectivity index (χ2v) is 8.20. The number of benzene rings is 2. The summed E-state index contributed by atoms with van der Waals surface area (Å²) >= 11 is 5.44. The Labute approximate surface area is 175 Å². The summed E-state index contributed by atoms with van der Waals surface area (Å²) in [6, 6.07) is 15.1. The SMILES string of the molecule is CCn1c2ccccc2c2cc(/C=N/n3c(C4CCCCC4)n[nH]c3=S)ccc21. The fraction of sp³-hybridized carbons (Fsp3) is 0.348. The van der Waals surface area contributed by atoms with Crippen LogP contribution in [0, 0.1) is 4.77 Å². The van der Waals surface area contributed by atoms with Crippen LogP contribution in [0.4, 0.5) is 0 Å². The average molecular weight is 404 g/mol. The van der Waals surface area contributed by atoms with Gasteiger partial charge in [0.05, 0.1) is 6.21 Å². The standard InChI is InChI=1S/C23H25N5S/c1-2-27-20-11-7-6-10-18(20)19-14-16(12-13-21(19)27)15-24-28-22(25-26-23(28)29)17-8-4-3-5-9-17/h6-7,10-15,17H,2-5,8-9H2,1H3,(H,26,29)/b24-15+. The number of nitrogens with one attached hydrogen (secondary N) is 1. The number of nitrogens with zero attached hydrogens (tertiary/aromatic N) is 4. The van der Waals surface area contributed by atoms with Gasteiger partial charge in [0.15, 0.2) is 5.82 Å². The van der Waals surface area contributed by atoms with E-state index in [9.17, 15) is 0 Å². The summed E-state index contributed by atoms with van der Waals surface area (Å²) in [7, 11) is 0. The number of hydrogen-bond donors (Lipinski definition) is 1. The lowest BCUT2D eigenvalue weighted by Crippen LogP contribution is -2.10. The van der Waals surface area contributed by atoms with Crippen molar-refractivity contribution in [1.82, 2.24) is 19.4 Å². The molecule has 29 heavy (non-hydrogen) atoms. The van der Waals surface area contributed by atoms with E-state index < -0.39 is 0 Å². The Morgan fingerprint density at radius 1 is 1.10 bits per heavy atom. The van der Waals surface area contributed by atoms with Gasteiger partial charge < -0.3 is 4.57 Å². The minimum atomic E-state index is 0.443. The van der Waals surface area contributed by atoms with Gasteiger partial charge in [0.1, 0.15) is 0 Å². The molecule has 0 unspecified atom stereocenters. The van der Waals surface area contributed by atoms with Crippen LogP contribution in [0.2, 0.25) is 0 Å². The van der Waals surface area contributed by atoms with E-state index in [0.717, 1.165) is 30.8 Å². The predicted molar refractivity (Wildman–Crippen MR) is 121 cm³/mol. The molecule has 1 fully saturated rings. The van der Waals surface area contributed by atoms with Gasteiger partial charge in [-0.2, -0.15) is 14.9 Å². The molecule has 2 aromatic heterocycles. The highest BCUT2D eigenvalue weighted by atomic mass is 32.1. The molecule has 1 N–H and O–H groups in total. The van der Waals surface area contributed by atoms with Gasteiger partial charge in [-0.25, -0.2) is 0 Å². The highest BCUT2D eigenvalue weighted by Gasteiger charge is 2.21. The van der Waals surface area contributed by atoms with Crippen LogP contribution in [0.5, 0.6) is 0 Å². The number of fused-ring (bicyclic) bond motifs is 3. The van der Waals surface area contributed by atoms with Crippen molar-refractivity contribution in [3.05, 3.63) is 58.6 Å². The van der Waals surface area contributed by atoms with Crippen LogP contribution in [-0.4, -0.2) is 25.7 Å². The van der Waals surface area contributed by atoms with Gasteiger partial charge >= 0.3 is 0 Å². The van der Waals surface area contributed by atoms with E-state index >= 15 is 0 Å². The van der Waals surface area contributed by atoms with Crippen LogP contribution in [-0.2, 0) is 6.54 Å². The Morgan fingerprint density at radius 3 is 2.72 bits per heavy atom. The molecule has 2 aromatic carbocycles. The minimum absolute atomic E-state index is 0.443. The maximum absolute atomic E-state index is 5.44. The van der Waals surface area contributed by atoms with Crippen LogP contribution in [0.3, 0.4) is 0 Å². The number of aromatic amines is 1. The molecule has 0 amide bonds. The number of H-pyrrole nitrogens is 1. The molecule has 5 rings (SSSR count). The van der Waals surface area contributed by atoms with Gasteiger partial charge in [-0.1, -0.05) is 43.5 Å². The second kappa shape index (κ2) is 7.59. The molecule has 6 heteroatoms. The van der Waals surface area contributed by atoms with Crippen molar-refractivity contribution in [2.45, 2.75) is 51.5 Å². The van der Waals surface area contributed by atoms with E-state index in [4.69, 9.17) is 17.3 Å². The van der Waals surface area contributed by atoms with Gasteiger partial charge in [0.25, 0.3) is 0 Å². The number of rotatable bonds is 4. The summed E-state index contributed by atoms with van der Waals surface area (Å²) in [5.41, 5.74) is 3.60. The highest BCUT2D eigenvalue weighted by molar-refractivity contribution is 7.71. The van der Waals surface area contributed by atoms with E-state index in [-0.39, 0.29) is 0 Å². The normalized spacial score (nSPS) is 15.8. The van der Waals surface area contributed by atoms with Crippen LogP contribution < -0.4 is 0 Å². The summed E-state index contributed by atoms with van der Waals surface area (Å²) in [4.78, 5) is 0. The molecular weight excluding hydrogens is 378 g/mol. The van der Waals surface area contributed by atoms with Gasteiger partial charge in [-0.05, 0) is 55.7 Å². The molecule has 2 heterocycles. The van der Waals surface area contributed by atoms with Crippen molar-refractivity contribution < 1.29 is 0 Å². The smallest absolute Gasteiger partial charge is 0.216 e. The fourth-order valence-corrected chi connectivity index (χ4v) is 4.84. The first-order valence-corrected chi connectivity index (χ1v) is 10.9. The predicted octanol–water partition coefficient (Wildman–Crippen LogP) is 6.00. The lowest BCUT2D eigenvalue weighted by Gasteiger charge is -2.19.